The number of aromatic nitrogens is 2. The molecule has 28 heavy (non-hydrogen) atoms. The molecule has 1 saturated heterocycles. The molecule has 0 unspecified atom stereocenters. The molecule has 152 valence electrons. The van der Waals surface area contributed by atoms with Gasteiger partial charge in [0.1, 0.15) is 5.15 Å². The zero-order valence-electron chi connectivity index (χ0n) is 16.5. The summed E-state index contributed by atoms with van der Waals surface area (Å²) < 4.78 is 29.5. The van der Waals surface area contributed by atoms with Gasteiger partial charge in [-0.15, -0.1) is 0 Å². The Morgan fingerprint density at radius 1 is 1.07 bits per heavy atom. The smallest absolute Gasteiger partial charge is 0.243 e. The molecule has 1 fully saturated rings. The summed E-state index contributed by atoms with van der Waals surface area (Å²) in [5.41, 5.74) is 4.46. The van der Waals surface area contributed by atoms with Crippen LogP contribution in [-0.4, -0.2) is 53.6 Å². The molecule has 2 heterocycles. The van der Waals surface area contributed by atoms with Crippen LogP contribution in [0.2, 0.25) is 5.15 Å². The number of hydrogen-bond acceptors (Lipinski definition) is 4. The third kappa shape index (κ3) is 3.73. The van der Waals surface area contributed by atoms with E-state index in [0.29, 0.717) is 42.8 Å². The van der Waals surface area contributed by atoms with E-state index in [1.807, 2.05) is 26.1 Å². The number of fused-ring (bicyclic) bond motifs is 1. The minimum atomic E-state index is -3.44. The number of halogens is 1. The van der Waals surface area contributed by atoms with Crippen LogP contribution in [0.5, 0.6) is 0 Å². The van der Waals surface area contributed by atoms with Crippen molar-refractivity contribution in [2.75, 3.05) is 26.2 Å². The van der Waals surface area contributed by atoms with Crippen molar-refractivity contribution in [1.82, 2.24) is 19.0 Å². The van der Waals surface area contributed by atoms with Crippen molar-refractivity contribution in [3.63, 3.8) is 0 Å². The fraction of sp³-hybridized carbons (Fsp3) is 0.550. The van der Waals surface area contributed by atoms with Gasteiger partial charge in [0, 0.05) is 45.3 Å². The fourth-order valence-electron chi connectivity index (χ4n) is 4.22. The van der Waals surface area contributed by atoms with Crippen LogP contribution in [0.1, 0.15) is 35.2 Å². The van der Waals surface area contributed by atoms with Gasteiger partial charge in [0.25, 0.3) is 0 Å². The van der Waals surface area contributed by atoms with Crippen LogP contribution in [-0.2, 0) is 36.5 Å². The molecule has 0 saturated carbocycles. The van der Waals surface area contributed by atoms with Crippen molar-refractivity contribution in [1.29, 1.82) is 0 Å². The maximum absolute atomic E-state index is 13.1. The minimum absolute atomic E-state index is 0.438. The number of hydrogen-bond donors (Lipinski definition) is 0. The van der Waals surface area contributed by atoms with Crippen molar-refractivity contribution in [2.24, 2.45) is 7.05 Å². The Kier molecular flexibility index (Phi) is 5.53. The first kappa shape index (κ1) is 19.9. The molecule has 6 nitrogen and oxygen atoms in total. The highest BCUT2D eigenvalue weighted by molar-refractivity contribution is 7.89. The number of sulfonamides is 1. The topological polar surface area (TPSA) is 58.4 Å². The van der Waals surface area contributed by atoms with E-state index in [0.717, 1.165) is 30.5 Å². The summed E-state index contributed by atoms with van der Waals surface area (Å²) in [6, 6.07) is 5.68. The second-order valence-electron chi connectivity index (χ2n) is 7.80. The SMILES string of the molecule is Cc1nn(C)c(Cl)c1CN1CCN(S(=O)(=O)c2ccc3c(c2)CCCC3)CC1. The van der Waals surface area contributed by atoms with Gasteiger partial charge in [0.05, 0.1) is 10.6 Å². The Balaban J connectivity index is 1.44. The lowest BCUT2D eigenvalue weighted by molar-refractivity contribution is 0.181. The van der Waals surface area contributed by atoms with E-state index in [1.165, 1.54) is 17.5 Å². The van der Waals surface area contributed by atoms with Crippen LogP contribution in [0.3, 0.4) is 0 Å². The van der Waals surface area contributed by atoms with Crippen LogP contribution in [0.25, 0.3) is 0 Å². The van der Waals surface area contributed by atoms with Gasteiger partial charge in [-0.3, -0.25) is 9.58 Å². The van der Waals surface area contributed by atoms with Gasteiger partial charge < -0.3 is 0 Å². The van der Waals surface area contributed by atoms with Crippen molar-refractivity contribution in [3.8, 4) is 0 Å². The number of aryl methyl sites for hydroxylation is 4. The molecule has 1 aliphatic carbocycles. The first-order valence-electron chi connectivity index (χ1n) is 9.88. The summed E-state index contributed by atoms with van der Waals surface area (Å²) in [6.07, 6.45) is 4.38. The Hall–Kier alpha value is -1.41. The maximum atomic E-state index is 13.1. The largest absolute Gasteiger partial charge is 0.296 e. The average Bonchev–Trinajstić information content (AvgIpc) is 2.94. The molecule has 4 rings (SSSR count). The minimum Gasteiger partial charge on any atom is -0.296 e. The first-order chi connectivity index (χ1) is 13.4. The molecule has 0 atom stereocenters. The lowest BCUT2D eigenvalue weighted by atomic mass is 9.92. The van der Waals surface area contributed by atoms with Crippen molar-refractivity contribution < 1.29 is 8.42 Å². The maximum Gasteiger partial charge on any atom is 0.243 e. The monoisotopic (exact) mass is 422 g/mol. The van der Waals surface area contributed by atoms with Crippen molar-refractivity contribution in [3.05, 3.63) is 45.7 Å². The lowest BCUT2D eigenvalue weighted by Crippen LogP contribution is -2.48. The van der Waals surface area contributed by atoms with E-state index in [-0.39, 0.29) is 0 Å². The van der Waals surface area contributed by atoms with Crippen molar-refractivity contribution >= 4 is 21.6 Å². The highest BCUT2D eigenvalue weighted by Crippen LogP contribution is 2.27. The van der Waals surface area contributed by atoms with E-state index < -0.39 is 10.0 Å². The average molecular weight is 423 g/mol. The Labute approximate surface area is 172 Å². The molecule has 1 aliphatic heterocycles. The predicted octanol–water partition coefficient (Wildman–Crippen LogP) is 2.77. The normalized spacial score (nSPS) is 19.0. The summed E-state index contributed by atoms with van der Waals surface area (Å²) in [4.78, 5) is 2.68. The number of benzene rings is 1. The third-order valence-electron chi connectivity index (χ3n) is 5.94. The van der Waals surface area contributed by atoms with E-state index >= 15 is 0 Å². The van der Waals surface area contributed by atoms with Crippen molar-refractivity contribution in [2.45, 2.75) is 44.0 Å². The molecule has 0 amide bonds. The van der Waals surface area contributed by atoms with Gasteiger partial charge in [-0.2, -0.15) is 9.40 Å². The zero-order valence-corrected chi connectivity index (χ0v) is 18.1. The van der Waals surface area contributed by atoms with Crippen LogP contribution < -0.4 is 0 Å². The van der Waals surface area contributed by atoms with E-state index in [9.17, 15) is 8.42 Å². The van der Waals surface area contributed by atoms with Crippen LogP contribution >= 0.6 is 11.6 Å². The second kappa shape index (κ2) is 7.78. The molecule has 2 aliphatic rings. The quantitative estimate of drug-likeness (QED) is 0.760. The number of piperazine rings is 1. The summed E-state index contributed by atoms with van der Waals surface area (Å²) in [5.74, 6) is 0. The van der Waals surface area contributed by atoms with Gasteiger partial charge in [-0.05, 0) is 55.9 Å². The highest BCUT2D eigenvalue weighted by Gasteiger charge is 2.30. The molecule has 8 heteroatoms. The molecular formula is C20H27ClN4O2S. The fourth-order valence-corrected chi connectivity index (χ4v) is 5.93. The predicted molar refractivity (Wildman–Crippen MR) is 110 cm³/mol. The number of nitrogens with zero attached hydrogens (tertiary/aromatic N) is 4. The summed E-state index contributed by atoms with van der Waals surface area (Å²) in [6.45, 7) is 5.03. The van der Waals surface area contributed by atoms with Gasteiger partial charge in [0.15, 0.2) is 0 Å². The molecule has 0 N–H and O–H groups in total. The van der Waals surface area contributed by atoms with Crippen LogP contribution in [0.4, 0.5) is 0 Å². The molecule has 0 bridgehead atoms. The lowest BCUT2D eigenvalue weighted by Gasteiger charge is -2.34. The summed E-state index contributed by atoms with van der Waals surface area (Å²) in [7, 11) is -1.60. The summed E-state index contributed by atoms with van der Waals surface area (Å²) >= 11 is 6.34. The first-order valence-corrected chi connectivity index (χ1v) is 11.7. The summed E-state index contributed by atoms with van der Waals surface area (Å²) in [5, 5.41) is 5.01. The third-order valence-corrected chi connectivity index (χ3v) is 8.31. The zero-order chi connectivity index (χ0) is 19.9. The second-order valence-corrected chi connectivity index (χ2v) is 10.1. The standard InChI is InChI=1S/C20H27ClN4O2S/c1-15-19(20(21)23(2)22-15)14-24-9-11-25(12-10-24)28(26,27)18-8-7-16-5-3-4-6-17(16)13-18/h7-8,13H,3-6,9-12,14H2,1-2H3. The van der Waals surface area contributed by atoms with E-state index in [1.54, 1.807) is 15.1 Å². The highest BCUT2D eigenvalue weighted by atomic mass is 35.5. The van der Waals surface area contributed by atoms with Gasteiger partial charge in [-0.1, -0.05) is 17.7 Å². The molecule has 0 spiro atoms. The van der Waals surface area contributed by atoms with E-state index in [4.69, 9.17) is 11.6 Å². The molecule has 2 aromatic rings. The van der Waals surface area contributed by atoms with Gasteiger partial charge in [-0.25, -0.2) is 8.42 Å². The van der Waals surface area contributed by atoms with Gasteiger partial charge in [0.2, 0.25) is 10.0 Å². The van der Waals surface area contributed by atoms with E-state index in [2.05, 4.69) is 10.00 Å². The number of rotatable bonds is 4. The Morgan fingerprint density at radius 2 is 1.75 bits per heavy atom. The molecular weight excluding hydrogens is 396 g/mol. The molecule has 1 aromatic heterocycles. The van der Waals surface area contributed by atoms with Gasteiger partial charge >= 0.3 is 0 Å². The van der Waals surface area contributed by atoms with Crippen LogP contribution in [0, 0.1) is 6.92 Å². The Bertz CT molecular complexity index is 978. The Morgan fingerprint density at radius 3 is 2.39 bits per heavy atom. The molecule has 1 aromatic carbocycles. The molecule has 0 radical (unpaired) electrons. The van der Waals surface area contributed by atoms with Crippen LogP contribution in [0.15, 0.2) is 23.1 Å².